The Hall–Kier alpha value is -2.84. The molecule has 2 rings (SSSR count). The van der Waals surface area contributed by atoms with Crippen LogP contribution in [0, 0.1) is 0 Å². The van der Waals surface area contributed by atoms with Gasteiger partial charge in [-0.2, -0.15) is 0 Å². The minimum atomic E-state index is -4.75. The molecular weight excluding hydrogens is 289 g/mol. The predicted octanol–water partition coefficient (Wildman–Crippen LogP) is 3.02. The van der Waals surface area contributed by atoms with Crippen LogP contribution in [0.3, 0.4) is 0 Å². The van der Waals surface area contributed by atoms with Crippen LogP contribution in [-0.2, 0) is 0 Å². The number of benzene rings is 1. The van der Waals surface area contributed by atoms with Crippen molar-refractivity contribution in [3.8, 4) is 5.75 Å². The van der Waals surface area contributed by atoms with Gasteiger partial charge in [0.05, 0.1) is 6.20 Å². The number of carbonyl (C=O) groups excluding carboxylic acids is 1. The van der Waals surface area contributed by atoms with Crippen LogP contribution in [0.4, 0.5) is 29.5 Å². The number of alkyl halides is 3. The van der Waals surface area contributed by atoms with Crippen molar-refractivity contribution >= 4 is 17.5 Å². The van der Waals surface area contributed by atoms with Gasteiger partial charge in [0.1, 0.15) is 5.75 Å². The fourth-order valence-corrected chi connectivity index (χ4v) is 1.38. The van der Waals surface area contributed by atoms with Gasteiger partial charge >= 0.3 is 12.4 Å². The molecule has 1 heterocycles. The van der Waals surface area contributed by atoms with E-state index in [1.807, 2.05) is 0 Å². The highest BCUT2D eigenvalue weighted by Gasteiger charge is 2.30. The number of amides is 2. The summed E-state index contributed by atoms with van der Waals surface area (Å²) in [4.78, 5) is 19.2. The van der Waals surface area contributed by atoms with E-state index >= 15 is 0 Å². The van der Waals surface area contributed by atoms with Crippen LogP contribution < -0.4 is 15.4 Å². The van der Waals surface area contributed by atoms with Crippen molar-refractivity contribution < 1.29 is 22.7 Å². The van der Waals surface area contributed by atoms with Gasteiger partial charge in [-0.05, 0) is 24.3 Å². The van der Waals surface area contributed by atoms with E-state index < -0.39 is 12.4 Å². The Morgan fingerprint density at radius 2 is 1.81 bits per heavy atom. The Balaban J connectivity index is 1.92. The molecule has 1 aromatic carbocycles. The lowest BCUT2D eigenvalue weighted by atomic mass is 10.3. The second-order valence-corrected chi connectivity index (χ2v) is 3.74. The third-order valence-corrected chi connectivity index (χ3v) is 2.15. The number of rotatable bonds is 3. The first-order valence-electron chi connectivity index (χ1n) is 5.62. The molecule has 0 atom stereocenters. The highest BCUT2D eigenvalue weighted by molar-refractivity contribution is 5.99. The zero-order valence-corrected chi connectivity index (χ0v) is 10.4. The van der Waals surface area contributed by atoms with Gasteiger partial charge in [-0.25, -0.2) is 9.78 Å². The third kappa shape index (κ3) is 4.97. The number of ether oxygens (including phenoxy) is 1. The molecule has 0 saturated carbocycles. The molecule has 0 bridgehead atoms. The van der Waals surface area contributed by atoms with Gasteiger partial charge in [-0.3, -0.25) is 10.3 Å². The van der Waals surface area contributed by atoms with E-state index in [1.165, 1.54) is 30.7 Å². The van der Waals surface area contributed by atoms with Gasteiger partial charge in [0.2, 0.25) is 0 Å². The molecule has 2 N–H and O–H groups in total. The molecule has 2 aromatic rings. The van der Waals surface area contributed by atoms with Crippen molar-refractivity contribution in [2.75, 3.05) is 10.6 Å². The standard InChI is InChI=1S/C12H9F3N4O2/c13-12(14,15)21-9-3-1-8(2-4-9)18-11(20)19-10-7-16-5-6-17-10/h1-7H,(H2,17,18,19,20). The van der Waals surface area contributed by atoms with Gasteiger partial charge in [0, 0.05) is 18.1 Å². The summed E-state index contributed by atoms with van der Waals surface area (Å²) in [7, 11) is 0. The lowest BCUT2D eigenvalue weighted by molar-refractivity contribution is -0.274. The van der Waals surface area contributed by atoms with Crippen molar-refractivity contribution in [1.82, 2.24) is 9.97 Å². The van der Waals surface area contributed by atoms with Crippen molar-refractivity contribution in [2.45, 2.75) is 6.36 Å². The van der Waals surface area contributed by atoms with Crippen LogP contribution in [0.2, 0.25) is 0 Å². The van der Waals surface area contributed by atoms with Crippen LogP contribution >= 0.6 is 0 Å². The van der Waals surface area contributed by atoms with Crippen molar-refractivity contribution in [3.05, 3.63) is 42.9 Å². The Morgan fingerprint density at radius 1 is 1.10 bits per heavy atom. The fourth-order valence-electron chi connectivity index (χ4n) is 1.38. The lowest BCUT2D eigenvalue weighted by Gasteiger charge is -2.10. The first-order chi connectivity index (χ1) is 9.92. The summed E-state index contributed by atoms with van der Waals surface area (Å²) < 4.78 is 39.6. The molecule has 6 nitrogen and oxygen atoms in total. The predicted molar refractivity (Wildman–Crippen MR) is 67.8 cm³/mol. The average Bonchev–Trinajstić information content (AvgIpc) is 2.40. The van der Waals surface area contributed by atoms with Crippen LogP contribution in [0.1, 0.15) is 0 Å². The number of halogens is 3. The summed E-state index contributed by atoms with van der Waals surface area (Å²) in [6.45, 7) is 0. The third-order valence-electron chi connectivity index (χ3n) is 2.15. The monoisotopic (exact) mass is 298 g/mol. The summed E-state index contributed by atoms with van der Waals surface area (Å²) in [5.41, 5.74) is 0.297. The molecule has 0 radical (unpaired) electrons. The molecule has 0 unspecified atom stereocenters. The first-order valence-corrected chi connectivity index (χ1v) is 5.62. The van der Waals surface area contributed by atoms with Gasteiger partial charge < -0.3 is 10.1 Å². The first kappa shape index (κ1) is 14.6. The Morgan fingerprint density at radius 3 is 2.38 bits per heavy atom. The zero-order valence-electron chi connectivity index (χ0n) is 10.4. The zero-order chi connectivity index (χ0) is 15.3. The molecule has 110 valence electrons. The summed E-state index contributed by atoms with van der Waals surface area (Å²) in [5, 5.41) is 4.83. The number of nitrogens with zero attached hydrogens (tertiary/aromatic N) is 2. The molecule has 0 fully saturated rings. The topological polar surface area (TPSA) is 76.1 Å². The summed E-state index contributed by atoms with van der Waals surface area (Å²) in [6.07, 6.45) is -0.556. The highest BCUT2D eigenvalue weighted by atomic mass is 19.4. The maximum absolute atomic E-state index is 12.0. The number of nitrogens with one attached hydrogen (secondary N) is 2. The summed E-state index contributed by atoms with van der Waals surface area (Å²) >= 11 is 0. The number of hydrogen-bond acceptors (Lipinski definition) is 4. The fraction of sp³-hybridized carbons (Fsp3) is 0.0833. The van der Waals surface area contributed by atoms with Crippen molar-refractivity contribution in [1.29, 1.82) is 0 Å². The van der Waals surface area contributed by atoms with E-state index in [0.717, 1.165) is 12.1 Å². The average molecular weight is 298 g/mol. The molecule has 9 heteroatoms. The second kappa shape index (κ2) is 6.07. The van der Waals surface area contributed by atoms with Crippen LogP contribution in [-0.4, -0.2) is 22.4 Å². The van der Waals surface area contributed by atoms with E-state index in [9.17, 15) is 18.0 Å². The molecule has 0 aliphatic carbocycles. The van der Waals surface area contributed by atoms with Crippen molar-refractivity contribution in [2.24, 2.45) is 0 Å². The SMILES string of the molecule is O=C(Nc1ccc(OC(F)(F)F)cc1)Nc1cnccn1. The molecule has 0 aliphatic rings. The number of anilines is 2. The minimum Gasteiger partial charge on any atom is -0.406 e. The van der Waals surface area contributed by atoms with E-state index in [2.05, 4.69) is 25.3 Å². The molecule has 2 amide bonds. The molecule has 21 heavy (non-hydrogen) atoms. The lowest BCUT2D eigenvalue weighted by Crippen LogP contribution is -2.20. The Bertz CT molecular complexity index is 602. The molecular formula is C12H9F3N4O2. The number of urea groups is 1. The summed E-state index contributed by atoms with van der Waals surface area (Å²) in [5.74, 6) is -0.130. The van der Waals surface area contributed by atoms with E-state index in [1.54, 1.807) is 0 Å². The summed E-state index contributed by atoms with van der Waals surface area (Å²) in [6, 6.07) is 4.13. The molecule has 0 spiro atoms. The van der Waals surface area contributed by atoms with Gasteiger partial charge in [-0.15, -0.1) is 13.2 Å². The molecule has 0 saturated heterocycles. The quantitative estimate of drug-likeness (QED) is 0.913. The van der Waals surface area contributed by atoms with Crippen molar-refractivity contribution in [3.63, 3.8) is 0 Å². The maximum atomic E-state index is 12.0. The smallest absolute Gasteiger partial charge is 0.406 e. The largest absolute Gasteiger partial charge is 0.573 e. The minimum absolute atomic E-state index is 0.243. The normalized spacial score (nSPS) is 10.8. The number of hydrogen-bond donors (Lipinski definition) is 2. The van der Waals surface area contributed by atoms with E-state index in [4.69, 9.17) is 0 Å². The highest BCUT2D eigenvalue weighted by Crippen LogP contribution is 2.23. The number of aromatic nitrogens is 2. The molecule has 0 aliphatic heterocycles. The number of carbonyl (C=O) groups is 1. The van der Waals surface area contributed by atoms with Gasteiger partial charge in [-0.1, -0.05) is 0 Å². The van der Waals surface area contributed by atoms with Crippen LogP contribution in [0.25, 0.3) is 0 Å². The molecule has 1 aromatic heterocycles. The Labute approximate surface area is 117 Å². The second-order valence-electron chi connectivity index (χ2n) is 3.74. The Kier molecular flexibility index (Phi) is 4.21. The van der Waals surface area contributed by atoms with Gasteiger partial charge in [0.15, 0.2) is 5.82 Å². The van der Waals surface area contributed by atoms with Crippen LogP contribution in [0.5, 0.6) is 5.75 Å². The van der Waals surface area contributed by atoms with Crippen LogP contribution in [0.15, 0.2) is 42.9 Å². The van der Waals surface area contributed by atoms with E-state index in [-0.39, 0.29) is 11.6 Å². The maximum Gasteiger partial charge on any atom is 0.573 e. The van der Waals surface area contributed by atoms with Gasteiger partial charge in [0.25, 0.3) is 0 Å². The van der Waals surface area contributed by atoms with E-state index in [0.29, 0.717) is 5.69 Å².